The van der Waals surface area contributed by atoms with E-state index in [0.29, 0.717) is 0 Å². The van der Waals surface area contributed by atoms with Crippen molar-refractivity contribution in [2.24, 2.45) is 5.73 Å². The molecule has 0 bridgehead atoms. The molecule has 2 rings (SSSR count). The Bertz CT molecular complexity index is 495. The third-order valence-corrected chi connectivity index (χ3v) is 3.17. The zero-order valence-corrected chi connectivity index (χ0v) is 11.4. The quantitative estimate of drug-likeness (QED) is 0.902. The van der Waals surface area contributed by atoms with Crippen LogP contribution in [0.1, 0.15) is 25.3 Å². The molecule has 2 N–H and O–H groups in total. The highest BCUT2D eigenvalue weighted by Crippen LogP contribution is 2.32. The molecule has 1 aromatic rings. The number of benzene rings is 1. The number of rotatable bonds is 4. The van der Waals surface area contributed by atoms with Crippen molar-refractivity contribution in [3.63, 3.8) is 0 Å². The predicted octanol–water partition coefficient (Wildman–Crippen LogP) is 2.18. The molecule has 0 aromatic heterocycles. The minimum Gasteiger partial charge on any atom is -0.482 e. The number of fused-ring (bicyclic) bond motifs is 1. The van der Waals surface area contributed by atoms with Crippen LogP contribution in [0.25, 0.3) is 6.08 Å². The molecular weight excluding hydrogens is 240 g/mol. The molecule has 0 fully saturated rings. The highest BCUT2D eigenvalue weighted by atomic mass is 16.5. The number of likely N-dealkylation sites (N-methyl/N-ethyl adjacent to an activating group) is 1. The normalized spacial score (nSPS) is 16.4. The first-order chi connectivity index (χ1) is 9.08. The van der Waals surface area contributed by atoms with E-state index in [1.807, 2.05) is 25.1 Å². The minimum atomic E-state index is -0.0226. The van der Waals surface area contributed by atoms with Crippen LogP contribution >= 0.6 is 0 Å². The summed E-state index contributed by atoms with van der Waals surface area (Å²) in [5.74, 6) is 0.736. The maximum atomic E-state index is 11.6. The first kappa shape index (κ1) is 13.6. The van der Waals surface area contributed by atoms with E-state index < -0.39 is 0 Å². The third kappa shape index (κ3) is 3.35. The summed E-state index contributed by atoms with van der Waals surface area (Å²) in [5.41, 5.74) is 7.59. The highest BCUT2D eigenvalue weighted by molar-refractivity contribution is 5.97. The van der Waals surface area contributed by atoms with Gasteiger partial charge in [0.05, 0.1) is 5.69 Å². The number of anilines is 1. The molecule has 4 heteroatoms. The third-order valence-electron chi connectivity index (χ3n) is 3.17. The van der Waals surface area contributed by atoms with Crippen molar-refractivity contribution >= 4 is 17.7 Å². The summed E-state index contributed by atoms with van der Waals surface area (Å²) in [5, 5.41) is 0. The molecule has 1 unspecified atom stereocenters. The van der Waals surface area contributed by atoms with Crippen LogP contribution < -0.4 is 15.4 Å². The Hall–Kier alpha value is -1.81. The van der Waals surface area contributed by atoms with Gasteiger partial charge in [-0.3, -0.25) is 4.79 Å². The molecule has 1 atom stereocenters. The molecule has 1 aromatic carbocycles. The van der Waals surface area contributed by atoms with E-state index in [1.165, 1.54) is 0 Å². The summed E-state index contributed by atoms with van der Waals surface area (Å²) in [4.78, 5) is 13.2. The van der Waals surface area contributed by atoms with E-state index in [1.54, 1.807) is 11.9 Å². The molecule has 1 amide bonds. The van der Waals surface area contributed by atoms with Crippen LogP contribution in [-0.4, -0.2) is 25.6 Å². The summed E-state index contributed by atoms with van der Waals surface area (Å²) in [6.45, 7) is 2.12. The lowest BCUT2D eigenvalue weighted by molar-refractivity contribution is -0.120. The lowest BCUT2D eigenvalue weighted by Gasteiger charge is -2.26. The van der Waals surface area contributed by atoms with E-state index >= 15 is 0 Å². The van der Waals surface area contributed by atoms with Crippen molar-refractivity contribution in [1.29, 1.82) is 0 Å². The maximum Gasteiger partial charge on any atom is 0.264 e. The number of carbonyl (C=O) groups is 1. The summed E-state index contributed by atoms with van der Waals surface area (Å²) < 4.78 is 5.39. The molecule has 4 nitrogen and oxygen atoms in total. The van der Waals surface area contributed by atoms with E-state index in [9.17, 15) is 4.79 Å². The smallest absolute Gasteiger partial charge is 0.264 e. The Morgan fingerprint density at radius 3 is 3.05 bits per heavy atom. The molecule has 0 radical (unpaired) electrons. The van der Waals surface area contributed by atoms with E-state index in [4.69, 9.17) is 10.5 Å². The Morgan fingerprint density at radius 1 is 1.53 bits per heavy atom. The molecule has 102 valence electrons. The van der Waals surface area contributed by atoms with Crippen LogP contribution in [0.4, 0.5) is 5.69 Å². The minimum absolute atomic E-state index is 0.0226. The van der Waals surface area contributed by atoms with Crippen molar-refractivity contribution in [3.8, 4) is 5.75 Å². The van der Waals surface area contributed by atoms with Crippen molar-refractivity contribution in [1.82, 2.24) is 0 Å². The summed E-state index contributed by atoms with van der Waals surface area (Å²) >= 11 is 0. The van der Waals surface area contributed by atoms with Crippen LogP contribution in [0.2, 0.25) is 0 Å². The molecule has 1 heterocycles. The molecule has 0 saturated heterocycles. The maximum absolute atomic E-state index is 11.6. The van der Waals surface area contributed by atoms with Crippen LogP contribution in [0.5, 0.6) is 5.75 Å². The number of nitrogens with two attached hydrogens (primary N) is 1. The first-order valence-electron chi connectivity index (χ1n) is 6.53. The zero-order chi connectivity index (χ0) is 13.8. The van der Waals surface area contributed by atoms with Gasteiger partial charge in [-0.25, -0.2) is 0 Å². The van der Waals surface area contributed by atoms with Gasteiger partial charge >= 0.3 is 0 Å². The van der Waals surface area contributed by atoms with Crippen LogP contribution in [0.15, 0.2) is 24.3 Å². The SMILES string of the molecule is CC(N)CC/C=C/c1ccc2c(c1)N(C)C(=O)CO2. The largest absolute Gasteiger partial charge is 0.482 e. The second kappa shape index (κ2) is 5.89. The topological polar surface area (TPSA) is 55.6 Å². The molecule has 19 heavy (non-hydrogen) atoms. The van der Waals surface area contributed by atoms with Gasteiger partial charge < -0.3 is 15.4 Å². The number of nitrogens with zero attached hydrogens (tertiary/aromatic N) is 1. The standard InChI is InChI=1S/C15H20N2O2/c1-11(16)5-3-4-6-12-7-8-14-13(9-12)17(2)15(18)10-19-14/h4,6-9,11H,3,5,10,16H2,1-2H3/b6-4+. The predicted molar refractivity (Wildman–Crippen MR) is 77.3 cm³/mol. The molecule has 0 spiro atoms. The van der Waals surface area contributed by atoms with Gasteiger partial charge in [0.1, 0.15) is 5.75 Å². The fourth-order valence-electron chi connectivity index (χ4n) is 1.97. The second-order valence-electron chi connectivity index (χ2n) is 4.93. The number of hydrogen-bond donors (Lipinski definition) is 1. The van der Waals surface area contributed by atoms with Crippen molar-refractivity contribution in [3.05, 3.63) is 29.8 Å². The van der Waals surface area contributed by atoms with Gasteiger partial charge in [-0.1, -0.05) is 18.2 Å². The van der Waals surface area contributed by atoms with Crippen molar-refractivity contribution in [2.45, 2.75) is 25.8 Å². The molecule has 1 aliphatic heterocycles. The number of allylic oxidation sites excluding steroid dienone is 1. The van der Waals surface area contributed by atoms with E-state index in [2.05, 4.69) is 12.2 Å². The second-order valence-corrected chi connectivity index (χ2v) is 4.93. The lowest BCUT2D eigenvalue weighted by atomic mass is 10.1. The Morgan fingerprint density at radius 2 is 2.32 bits per heavy atom. The number of ether oxygens (including phenoxy) is 1. The highest BCUT2D eigenvalue weighted by Gasteiger charge is 2.21. The van der Waals surface area contributed by atoms with Crippen LogP contribution in [0, 0.1) is 0 Å². The van der Waals surface area contributed by atoms with Gasteiger partial charge in [-0.15, -0.1) is 0 Å². The van der Waals surface area contributed by atoms with Crippen molar-refractivity contribution < 1.29 is 9.53 Å². The van der Waals surface area contributed by atoms with Gasteiger partial charge in [0, 0.05) is 13.1 Å². The molecular formula is C15H20N2O2. The van der Waals surface area contributed by atoms with E-state index in [0.717, 1.165) is 29.8 Å². The van der Waals surface area contributed by atoms with Crippen molar-refractivity contribution in [2.75, 3.05) is 18.6 Å². The summed E-state index contributed by atoms with van der Waals surface area (Å²) in [6, 6.07) is 6.09. The summed E-state index contributed by atoms with van der Waals surface area (Å²) in [6.07, 6.45) is 6.09. The van der Waals surface area contributed by atoms with Gasteiger partial charge in [-0.05, 0) is 37.5 Å². The van der Waals surface area contributed by atoms with Gasteiger partial charge in [-0.2, -0.15) is 0 Å². The Kier molecular flexibility index (Phi) is 4.22. The first-order valence-corrected chi connectivity index (χ1v) is 6.53. The number of carbonyl (C=O) groups excluding carboxylic acids is 1. The fourth-order valence-corrected chi connectivity index (χ4v) is 1.97. The van der Waals surface area contributed by atoms with Gasteiger partial charge in [0.25, 0.3) is 5.91 Å². The molecule has 0 saturated carbocycles. The lowest BCUT2D eigenvalue weighted by Crippen LogP contribution is -2.35. The Labute approximate surface area is 113 Å². The molecule has 0 aliphatic carbocycles. The van der Waals surface area contributed by atoms with Crippen LogP contribution in [0.3, 0.4) is 0 Å². The average molecular weight is 260 g/mol. The van der Waals surface area contributed by atoms with Gasteiger partial charge in [0.2, 0.25) is 0 Å². The Balaban J connectivity index is 2.10. The number of amides is 1. The fraction of sp³-hybridized carbons (Fsp3) is 0.400. The molecule has 1 aliphatic rings. The summed E-state index contributed by atoms with van der Waals surface area (Å²) in [7, 11) is 1.77. The van der Waals surface area contributed by atoms with E-state index in [-0.39, 0.29) is 18.6 Å². The van der Waals surface area contributed by atoms with Gasteiger partial charge in [0.15, 0.2) is 6.61 Å². The monoisotopic (exact) mass is 260 g/mol. The average Bonchev–Trinajstić information content (AvgIpc) is 2.39. The number of hydrogen-bond acceptors (Lipinski definition) is 3. The van der Waals surface area contributed by atoms with Crippen LogP contribution in [-0.2, 0) is 4.79 Å². The zero-order valence-electron chi connectivity index (χ0n) is 11.4.